The van der Waals surface area contributed by atoms with Gasteiger partial charge in [-0.2, -0.15) is 0 Å². The zero-order valence-electron chi connectivity index (χ0n) is 21.4. The van der Waals surface area contributed by atoms with Crippen LogP contribution < -0.4 is 18.9 Å². The van der Waals surface area contributed by atoms with Crippen LogP contribution in [0.2, 0.25) is 0 Å². The van der Waals surface area contributed by atoms with Crippen molar-refractivity contribution in [3.05, 3.63) is 47.5 Å². The van der Waals surface area contributed by atoms with Gasteiger partial charge in [-0.3, -0.25) is 0 Å². The van der Waals surface area contributed by atoms with Gasteiger partial charge in [0.1, 0.15) is 24.4 Å². The molecule has 2 aromatic rings. The van der Waals surface area contributed by atoms with Gasteiger partial charge in [-0.15, -0.1) is 0 Å². The Balaban J connectivity index is 1.31. The van der Waals surface area contributed by atoms with E-state index in [0.29, 0.717) is 30.5 Å². The molecule has 3 saturated heterocycles. The van der Waals surface area contributed by atoms with Crippen molar-refractivity contribution in [3.63, 3.8) is 0 Å². The Morgan fingerprint density at radius 3 is 1.76 bits per heavy atom. The van der Waals surface area contributed by atoms with Crippen LogP contribution >= 0.6 is 0 Å². The van der Waals surface area contributed by atoms with Crippen LogP contribution in [0.1, 0.15) is 23.3 Å². The molecular weight excluding hydrogens is 500 g/mol. The molecular formula is C27H34O11. The smallest absolute Gasteiger partial charge is 0.229 e. The lowest BCUT2D eigenvalue weighted by Gasteiger charge is -2.39. The molecule has 0 aliphatic carbocycles. The highest BCUT2D eigenvalue weighted by Gasteiger charge is 2.49. The number of methoxy groups -OCH3 is 3. The highest BCUT2D eigenvalue weighted by Crippen LogP contribution is 2.51. The maximum atomic E-state index is 10.3. The third kappa shape index (κ3) is 4.79. The van der Waals surface area contributed by atoms with E-state index in [4.69, 9.17) is 33.2 Å². The molecule has 2 aromatic carbocycles. The summed E-state index contributed by atoms with van der Waals surface area (Å²) in [7, 11) is 4.69. The van der Waals surface area contributed by atoms with Crippen molar-refractivity contribution < 1.29 is 53.6 Å². The largest absolute Gasteiger partial charge is 0.493 e. The average Bonchev–Trinajstić information content (AvgIpc) is 3.55. The molecule has 3 heterocycles. The second-order valence-electron chi connectivity index (χ2n) is 9.68. The SMILES string of the molecule is COc1ccc([C@H]2OC[C@@H]3[C@H]2CO[C@H]3c2ccc(O[C@H]3O[C@@H](CO)[C@H](O)[C@@H](O)[C@@H]3O)c(OC)c2)cc1OC. The maximum absolute atomic E-state index is 10.3. The molecule has 0 aromatic heterocycles. The molecule has 0 amide bonds. The molecule has 0 saturated carbocycles. The number of fused-ring (bicyclic) bond motifs is 1. The molecule has 9 atom stereocenters. The number of ether oxygens (including phenoxy) is 7. The first kappa shape index (κ1) is 26.9. The molecule has 3 aliphatic heterocycles. The van der Waals surface area contributed by atoms with Crippen molar-refractivity contribution in [3.8, 4) is 23.0 Å². The second-order valence-corrected chi connectivity index (χ2v) is 9.68. The Kier molecular flexibility index (Phi) is 7.96. The third-order valence-corrected chi connectivity index (χ3v) is 7.61. The fraction of sp³-hybridized carbons (Fsp3) is 0.556. The summed E-state index contributed by atoms with van der Waals surface area (Å²) < 4.78 is 40.1. The Bertz CT molecular complexity index is 1110. The highest BCUT2D eigenvalue weighted by molar-refractivity contribution is 5.45. The molecule has 5 rings (SSSR count). The first-order valence-corrected chi connectivity index (χ1v) is 12.5. The van der Waals surface area contributed by atoms with E-state index in [1.807, 2.05) is 24.3 Å². The van der Waals surface area contributed by atoms with Gasteiger partial charge in [-0.1, -0.05) is 12.1 Å². The van der Waals surface area contributed by atoms with Crippen LogP contribution in [0.25, 0.3) is 0 Å². The van der Waals surface area contributed by atoms with Crippen LogP contribution in [0.4, 0.5) is 0 Å². The van der Waals surface area contributed by atoms with Crippen LogP contribution in [0.3, 0.4) is 0 Å². The van der Waals surface area contributed by atoms with Crippen LogP contribution in [0.5, 0.6) is 23.0 Å². The summed E-state index contributed by atoms with van der Waals surface area (Å²) in [6.07, 6.45) is -7.29. The van der Waals surface area contributed by atoms with Crippen molar-refractivity contribution in [1.82, 2.24) is 0 Å². The molecule has 4 N–H and O–H groups in total. The van der Waals surface area contributed by atoms with Gasteiger partial charge < -0.3 is 53.6 Å². The van der Waals surface area contributed by atoms with Gasteiger partial charge in [-0.25, -0.2) is 0 Å². The van der Waals surface area contributed by atoms with Crippen LogP contribution in [-0.2, 0) is 14.2 Å². The van der Waals surface area contributed by atoms with Gasteiger partial charge in [0, 0.05) is 11.8 Å². The van der Waals surface area contributed by atoms with E-state index in [9.17, 15) is 20.4 Å². The molecule has 0 unspecified atom stereocenters. The second kappa shape index (κ2) is 11.2. The van der Waals surface area contributed by atoms with E-state index in [-0.39, 0.29) is 29.8 Å². The number of rotatable bonds is 8. The monoisotopic (exact) mass is 534 g/mol. The Morgan fingerprint density at radius 2 is 1.24 bits per heavy atom. The summed E-state index contributed by atoms with van der Waals surface area (Å²) in [5, 5.41) is 39.8. The zero-order chi connectivity index (χ0) is 27.0. The first-order chi connectivity index (χ1) is 18.4. The average molecular weight is 535 g/mol. The number of hydrogen-bond acceptors (Lipinski definition) is 11. The number of aliphatic hydroxyl groups excluding tert-OH is 4. The van der Waals surface area contributed by atoms with E-state index < -0.39 is 37.3 Å². The zero-order valence-corrected chi connectivity index (χ0v) is 21.4. The third-order valence-electron chi connectivity index (χ3n) is 7.61. The lowest BCUT2D eigenvalue weighted by Crippen LogP contribution is -2.60. The van der Waals surface area contributed by atoms with E-state index in [1.165, 1.54) is 7.11 Å². The topological polar surface area (TPSA) is 146 Å². The minimum atomic E-state index is -1.54. The summed E-state index contributed by atoms with van der Waals surface area (Å²) in [6.45, 7) is 0.508. The quantitative estimate of drug-likeness (QED) is 0.384. The van der Waals surface area contributed by atoms with Crippen molar-refractivity contribution in [1.29, 1.82) is 0 Å². The van der Waals surface area contributed by atoms with Crippen LogP contribution in [0, 0.1) is 11.8 Å². The molecule has 38 heavy (non-hydrogen) atoms. The van der Waals surface area contributed by atoms with Crippen LogP contribution in [0.15, 0.2) is 36.4 Å². The molecule has 3 fully saturated rings. The van der Waals surface area contributed by atoms with E-state index in [0.717, 1.165) is 11.1 Å². The molecule has 208 valence electrons. The standard InChI is InChI=1S/C27H34O11/c1-32-17-6-4-13(8-19(17)33-2)25-15-11-36-26(16(15)12-35-25)14-5-7-18(20(9-14)34-3)37-27-24(31)23(30)22(29)21(10-28)38-27/h4-9,15-16,21-31H,10-12H2,1-3H3/t15-,16-,21+,22+,23-,24+,25-,26+,27+/m1/s1. The van der Waals surface area contributed by atoms with Crippen molar-refractivity contribution >= 4 is 0 Å². The lowest BCUT2D eigenvalue weighted by molar-refractivity contribution is -0.277. The summed E-state index contributed by atoms with van der Waals surface area (Å²) in [5.74, 6) is 2.21. The van der Waals surface area contributed by atoms with Crippen molar-refractivity contribution in [2.45, 2.75) is 42.9 Å². The summed E-state index contributed by atoms with van der Waals surface area (Å²) >= 11 is 0. The van der Waals surface area contributed by atoms with Gasteiger partial charge in [-0.05, 0) is 35.4 Å². The molecule has 0 bridgehead atoms. The highest BCUT2D eigenvalue weighted by atomic mass is 16.7. The van der Waals surface area contributed by atoms with E-state index in [2.05, 4.69) is 0 Å². The minimum Gasteiger partial charge on any atom is -0.493 e. The summed E-state index contributed by atoms with van der Waals surface area (Å²) in [5.41, 5.74) is 1.88. The molecule has 11 nitrogen and oxygen atoms in total. The molecule has 0 radical (unpaired) electrons. The molecule has 0 spiro atoms. The summed E-state index contributed by atoms with van der Waals surface area (Å²) in [6, 6.07) is 11.1. The number of benzene rings is 2. The van der Waals surface area contributed by atoms with E-state index in [1.54, 1.807) is 26.4 Å². The summed E-state index contributed by atoms with van der Waals surface area (Å²) in [4.78, 5) is 0. The Labute approximate surface area is 220 Å². The van der Waals surface area contributed by atoms with Gasteiger partial charge in [0.25, 0.3) is 0 Å². The van der Waals surface area contributed by atoms with Crippen molar-refractivity contribution in [2.75, 3.05) is 41.2 Å². The lowest BCUT2D eigenvalue weighted by atomic mass is 9.85. The normalized spacial score (nSPS) is 34.6. The van der Waals surface area contributed by atoms with Gasteiger partial charge in [0.2, 0.25) is 6.29 Å². The first-order valence-electron chi connectivity index (χ1n) is 12.5. The van der Waals surface area contributed by atoms with Gasteiger partial charge in [0.15, 0.2) is 23.0 Å². The number of aliphatic hydroxyl groups is 4. The van der Waals surface area contributed by atoms with Crippen LogP contribution in [-0.4, -0.2) is 92.3 Å². The Morgan fingerprint density at radius 1 is 0.711 bits per heavy atom. The van der Waals surface area contributed by atoms with Crippen molar-refractivity contribution in [2.24, 2.45) is 11.8 Å². The van der Waals surface area contributed by atoms with Gasteiger partial charge in [0.05, 0.1) is 53.4 Å². The maximum Gasteiger partial charge on any atom is 0.229 e. The fourth-order valence-electron chi connectivity index (χ4n) is 5.51. The predicted molar refractivity (Wildman–Crippen MR) is 131 cm³/mol. The van der Waals surface area contributed by atoms with Gasteiger partial charge >= 0.3 is 0 Å². The fourth-order valence-corrected chi connectivity index (χ4v) is 5.51. The minimum absolute atomic E-state index is 0.120. The Hall–Kier alpha value is -2.64. The number of hydrogen-bond donors (Lipinski definition) is 4. The molecule has 3 aliphatic rings. The van der Waals surface area contributed by atoms with E-state index >= 15 is 0 Å². The predicted octanol–water partition coefficient (Wildman–Crippen LogP) is 0.966. The molecule has 11 heteroatoms.